The van der Waals surface area contributed by atoms with Crippen molar-refractivity contribution in [3.63, 3.8) is 0 Å². The zero-order valence-electron chi connectivity index (χ0n) is 17.0. The molecule has 2 aromatic carbocycles. The number of ether oxygens (including phenoxy) is 2. The predicted octanol–water partition coefficient (Wildman–Crippen LogP) is 6.42. The molecule has 0 amide bonds. The van der Waals surface area contributed by atoms with Gasteiger partial charge in [0.2, 0.25) is 0 Å². The minimum absolute atomic E-state index is 0.514. The van der Waals surface area contributed by atoms with E-state index in [-0.39, 0.29) is 0 Å². The number of aryl methyl sites for hydroxylation is 2. The maximum absolute atomic E-state index is 12.8. The number of hydrogen-bond acceptors (Lipinski definition) is 3. The predicted molar refractivity (Wildman–Crippen MR) is 110 cm³/mol. The Morgan fingerprint density at radius 1 is 0.714 bits per heavy atom. The van der Waals surface area contributed by atoms with E-state index in [9.17, 15) is 4.79 Å². The van der Waals surface area contributed by atoms with Crippen molar-refractivity contribution < 1.29 is 14.3 Å². The van der Waals surface area contributed by atoms with Crippen LogP contribution in [0.2, 0.25) is 0 Å². The number of benzene rings is 2. The molecule has 2 aliphatic carbocycles. The van der Waals surface area contributed by atoms with Crippen molar-refractivity contribution in [1.82, 2.24) is 0 Å². The Kier molecular flexibility index (Phi) is 5.18. The zero-order valence-corrected chi connectivity index (χ0v) is 17.0. The maximum atomic E-state index is 12.8. The van der Waals surface area contributed by atoms with Crippen LogP contribution in [0.5, 0.6) is 0 Å². The van der Waals surface area contributed by atoms with Gasteiger partial charge in [-0.25, -0.2) is 4.79 Å². The first-order valence-corrected chi connectivity index (χ1v) is 10.7. The molecule has 0 bridgehead atoms. The van der Waals surface area contributed by atoms with E-state index in [1.54, 1.807) is 0 Å². The first-order valence-electron chi connectivity index (χ1n) is 10.7. The van der Waals surface area contributed by atoms with Crippen LogP contribution in [-0.2, 0) is 33.5 Å². The van der Waals surface area contributed by atoms with E-state index in [0.717, 1.165) is 62.5 Å². The monoisotopic (exact) mass is 378 g/mol. The maximum Gasteiger partial charge on any atom is 0.510 e. The summed E-state index contributed by atoms with van der Waals surface area (Å²) < 4.78 is 11.9. The van der Waals surface area contributed by atoms with Crippen LogP contribution in [0.3, 0.4) is 0 Å². The lowest BCUT2D eigenvalue weighted by molar-refractivity contribution is -0.135. The van der Waals surface area contributed by atoms with Crippen LogP contribution < -0.4 is 0 Å². The summed E-state index contributed by atoms with van der Waals surface area (Å²) in [6, 6.07) is 16.9. The Morgan fingerprint density at radius 2 is 1.07 bits per heavy atom. The topological polar surface area (TPSA) is 35.5 Å². The van der Waals surface area contributed by atoms with E-state index < -0.39 is 17.4 Å². The van der Waals surface area contributed by atoms with Gasteiger partial charge in [0, 0.05) is 0 Å². The lowest BCUT2D eigenvalue weighted by atomic mass is 9.74. The largest absolute Gasteiger partial charge is 0.510 e. The van der Waals surface area contributed by atoms with Gasteiger partial charge >= 0.3 is 6.16 Å². The van der Waals surface area contributed by atoms with Gasteiger partial charge in [0.05, 0.1) is 0 Å². The smallest absolute Gasteiger partial charge is 0.423 e. The summed E-state index contributed by atoms with van der Waals surface area (Å²) in [5.41, 5.74) is 3.74. The quantitative estimate of drug-likeness (QED) is 0.544. The second kappa shape index (κ2) is 7.62. The van der Waals surface area contributed by atoms with Crippen molar-refractivity contribution in [3.8, 4) is 0 Å². The molecule has 4 rings (SSSR count). The molecule has 3 nitrogen and oxygen atoms in total. The second-order valence-electron chi connectivity index (χ2n) is 8.25. The number of carbonyl (C=O) groups excluding carboxylic acids is 1. The Morgan fingerprint density at radius 3 is 1.32 bits per heavy atom. The van der Waals surface area contributed by atoms with Crippen molar-refractivity contribution in [2.45, 2.75) is 76.4 Å². The van der Waals surface area contributed by atoms with Crippen molar-refractivity contribution in [1.29, 1.82) is 0 Å². The van der Waals surface area contributed by atoms with Crippen LogP contribution in [0.25, 0.3) is 0 Å². The fraction of sp³-hybridized carbons (Fsp3) is 0.480. The van der Waals surface area contributed by atoms with Crippen LogP contribution in [0.15, 0.2) is 48.5 Å². The molecule has 0 aliphatic heterocycles. The van der Waals surface area contributed by atoms with Crippen molar-refractivity contribution in [2.24, 2.45) is 0 Å². The third-order valence-electron chi connectivity index (χ3n) is 6.66. The molecular weight excluding hydrogens is 348 g/mol. The van der Waals surface area contributed by atoms with Crippen LogP contribution in [0, 0.1) is 0 Å². The van der Waals surface area contributed by atoms with Gasteiger partial charge in [-0.05, 0) is 73.6 Å². The van der Waals surface area contributed by atoms with E-state index in [1.807, 2.05) is 0 Å². The lowest BCUT2D eigenvalue weighted by Gasteiger charge is -2.44. The first kappa shape index (κ1) is 19.0. The third-order valence-corrected chi connectivity index (χ3v) is 6.66. The minimum Gasteiger partial charge on any atom is -0.423 e. The minimum atomic E-state index is -0.529. The molecule has 0 saturated heterocycles. The molecule has 0 radical (unpaired) electrons. The summed E-state index contributed by atoms with van der Waals surface area (Å²) in [6.45, 7) is 4.29. The van der Waals surface area contributed by atoms with Crippen molar-refractivity contribution in [2.75, 3.05) is 0 Å². The highest BCUT2D eigenvalue weighted by molar-refractivity contribution is 5.62. The molecule has 2 saturated carbocycles. The van der Waals surface area contributed by atoms with Crippen LogP contribution >= 0.6 is 0 Å². The molecule has 0 N–H and O–H groups in total. The lowest BCUT2D eigenvalue weighted by Crippen LogP contribution is -2.44. The van der Waals surface area contributed by atoms with Crippen LogP contribution in [0.1, 0.15) is 74.6 Å². The van der Waals surface area contributed by atoms with Gasteiger partial charge in [-0.1, -0.05) is 62.4 Å². The molecule has 0 heterocycles. The molecule has 0 atom stereocenters. The Balaban J connectivity index is 1.48. The second-order valence-corrected chi connectivity index (χ2v) is 8.25. The van der Waals surface area contributed by atoms with Gasteiger partial charge in [-0.2, -0.15) is 0 Å². The SMILES string of the molecule is CCc1ccc(C2(OC(=O)OC3(c4ccc(CC)cc4)CCC3)CCC2)cc1. The molecule has 0 spiro atoms. The molecule has 148 valence electrons. The Bertz CT molecular complexity index is 742. The molecule has 2 aromatic rings. The summed E-state index contributed by atoms with van der Waals surface area (Å²) in [5, 5.41) is 0. The van der Waals surface area contributed by atoms with Gasteiger partial charge in [0.25, 0.3) is 0 Å². The van der Waals surface area contributed by atoms with E-state index in [0.29, 0.717) is 0 Å². The van der Waals surface area contributed by atoms with Crippen molar-refractivity contribution >= 4 is 6.16 Å². The van der Waals surface area contributed by atoms with Crippen LogP contribution in [-0.4, -0.2) is 6.16 Å². The fourth-order valence-corrected chi connectivity index (χ4v) is 4.32. The average Bonchev–Trinajstić information content (AvgIpc) is 2.68. The fourth-order valence-electron chi connectivity index (χ4n) is 4.32. The van der Waals surface area contributed by atoms with Gasteiger partial charge in [-0.15, -0.1) is 0 Å². The van der Waals surface area contributed by atoms with E-state index >= 15 is 0 Å². The van der Waals surface area contributed by atoms with Crippen LogP contribution in [0.4, 0.5) is 4.79 Å². The number of carbonyl (C=O) groups is 1. The summed E-state index contributed by atoms with van der Waals surface area (Å²) in [7, 11) is 0. The van der Waals surface area contributed by atoms with Crippen molar-refractivity contribution in [3.05, 3.63) is 70.8 Å². The van der Waals surface area contributed by atoms with Gasteiger partial charge in [0.15, 0.2) is 0 Å². The Labute approximate surface area is 168 Å². The zero-order chi connectivity index (χ0) is 19.6. The summed E-state index contributed by atoms with van der Waals surface area (Å²) in [4.78, 5) is 12.8. The van der Waals surface area contributed by atoms with E-state index in [1.165, 1.54) is 11.1 Å². The molecule has 3 heteroatoms. The van der Waals surface area contributed by atoms with Gasteiger partial charge in [0.1, 0.15) is 11.2 Å². The molecular formula is C25H30O3. The van der Waals surface area contributed by atoms with E-state index in [4.69, 9.17) is 9.47 Å². The first-order chi connectivity index (χ1) is 13.6. The Hall–Kier alpha value is -2.29. The molecule has 0 unspecified atom stereocenters. The highest BCUT2D eigenvalue weighted by Crippen LogP contribution is 2.48. The highest BCUT2D eigenvalue weighted by atomic mass is 16.7. The highest BCUT2D eigenvalue weighted by Gasteiger charge is 2.47. The molecule has 2 fully saturated rings. The molecule has 0 aromatic heterocycles. The summed E-state index contributed by atoms with van der Waals surface area (Å²) in [5.74, 6) is 0. The van der Waals surface area contributed by atoms with E-state index in [2.05, 4.69) is 62.4 Å². The summed E-state index contributed by atoms with van der Waals surface area (Å²) >= 11 is 0. The molecule has 2 aliphatic rings. The summed E-state index contributed by atoms with van der Waals surface area (Å²) in [6.07, 6.45) is 7.11. The third kappa shape index (κ3) is 3.43. The standard InChI is InChI=1S/C25H30O3/c1-3-19-7-11-21(12-8-19)24(15-5-16-24)27-23(26)28-25(17-6-18-25)22-13-9-20(4-2)10-14-22/h7-14H,3-6,15-18H2,1-2H3. The average molecular weight is 379 g/mol. The van der Waals surface area contributed by atoms with Gasteiger partial charge < -0.3 is 9.47 Å². The molecule has 28 heavy (non-hydrogen) atoms. The normalized spacial score (nSPS) is 19.2. The van der Waals surface area contributed by atoms with Gasteiger partial charge in [-0.3, -0.25) is 0 Å². The number of rotatable bonds is 6. The number of hydrogen-bond donors (Lipinski definition) is 0.